The number of amides is 1. The number of aryl methyl sites for hydroxylation is 2. The van der Waals surface area contributed by atoms with Gasteiger partial charge in [0.2, 0.25) is 0 Å². The van der Waals surface area contributed by atoms with Crippen LogP contribution in [0.25, 0.3) is 0 Å². The number of nitrogens with one attached hydrogen (secondary N) is 1. The summed E-state index contributed by atoms with van der Waals surface area (Å²) in [6.07, 6.45) is -4.62. The molecule has 1 amide bonds. The van der Waals surface area contributed by atoms with Crippen molar-refractivity contribution >= 4 is 39.1 Å². The monoisotopic (exact) mass is 395 g/mol. The van der Waals surface area contributed by atoms with Gasteiger partial charge in [0.25, 0.3) is 5.91 Å². The molecule has 2 aromatic rings. The highest BCUT2D eigenvalue weighted by molar-refractivity contribution is 9.10. The first kappa shape index (κ1) is 16.8. The predicted molar refractivity (Wildman–Crippen MR) is 80.1 cm³/mol. The Hall–Kier alpha value is -1.54. The summed E-state index contributed by atoms with van der Waals surface area (Å²) in [5, 5.41) is 6.53. The molecule has 0 bridgehead atoms. The molecule has 1 aromatic heterocycles. The van der Waals surface area contributed by atoms with Gasteiger partial charge in [0.1, 0.15) is 0 Å². The van der Waals surface area contributed by atoms with Gasteiger partial charge in [-0.1, -0.05) is 17.7 Å². The fourth-order valence-corrected chi connectivity index (χ4v) is 2.77. The molecule has 0 aliphatic heterocycles. The Balaban J connectivity index is 2.37. The maximum Gasteiger partial charge on any atom is 0.434 e. The van der Waals surface area contributed by atoms with Gasteiger partial charge in [0, 0.05) is 17.8 Å². The highest BCUT2D eigenvalue weighted by Crippen LogP contribution is 2.36. The second-order valence-electron chi connectivity index (χ2n) is 4.55. The molecule has 0 aliphatic carbocycles. The third-order valence-electron chi connectivity index (χ3n) is 2.92. The Morgan fingerprint density at radius 3 is 2.59 bits per heavy atom. The summed E-state index contributed by atoms with van der Waals surface area (Å²) in [7, 11) is 1.12. The molecule has 1 heterocycles. The summed E-state index contributed by atoms with van der Waals surface area (Å²) < 4.78 is 38.9. The van der Waals surface area contributed by atoms with Crippen molar-refractivity contribution in [3.05, 3.63) is 44.6 Å². The SMILES string of the molecule is Cc1ccc(Cl)cc1NC(=O)c1nn(C)c(C(F)(F)F)c1Br. The molecular weight excluding hydrogens is 387 g/mol. The van der Waals surface area contributed by atoms with Crippen LogP contribution in [0.2, 0.25) is 5.02 Å². The Labute approximate surface area is 137 Å². The standard InChI is InChI=1S/C13H10BrClF3N3O/c1-6-3-4-7(15)5-8(6)19-12(22)10-9(14)11(13(16,17)18)21(2)20-10/h3-5H,1-2H3,(H,19,22). The van der Waals surface area contributed by atoms with Gasteiger partial charge >= 0.3 is 6.18 Å². The van der Waals surface area contributed by atoms with E-state index in [9.17, 15) is 18.0 Å². The molecule has 2 rings (SSSR count). The molecule has 0 atom stereocenters. The molecule has 0 unspecified atom stereocenters. The van der Waals surface area contributed by atoms with Crippen LogP contribution in [-0.2, 0) is 13.2 Å². The van der Waals surface area contributed by atoms with Crippen molar-refractivity contribution < 1.29 is 18.0 Å². The molecule has 22 heavy (non-hydrogen) atoms. The highest BCUT2D eigenvalue weighted by atomic mass is 79.9. The molecule has 4 nitrogen and oxygen atoms in total. The number of rotatable bonds is 2. The van der Waals surface area contributed by atoms with Crippen LogP contribution >= 0.6 is 27.5 Å². The smallest absolute Gasteiger partial charge is 0.320 e. The van der Waals surface area contributed by atoms with E-state index in [-0.39, 0.29) is 5.69 Å². The minimum absolute atomic E-state index is 0.353. The molecule has 0 spiro atoms. The van der Waals surface area contributed by atoms with Crippen LogP contribution in [0.3, 0.4) is 0 Å². The van der Waals surface area contributed by atoms with Crippen molar-refractivity contribution in [1.82, 2.24) is 9.78 Å². The number of hydrogen-bond acceptors (Lipinski definition) is 2. The second-order valence-corrected chi connectivity index (χ2v) is 5.78. The van der Waals surface area contributed by atoms with Crippen molar-refractivity contribution in [3.63, 3.8) is 0 Å². The summed E-state index contributed by atoms with van der Waals surface area (Å²) in [6.45, 7) is 1.74. The van der Waals surface area contributed by atoms with Crippen molar-refractivity contribution in [1.29, 1.82) is 0 Å². The van der Waals surface area contributed by atoms with E-state index >= 15 is 0 Å². The lowest BCUT2D eigenvalue weighted by atomic mass is 10.2. The molecule has 0 aliphatic rings. The second kappa shape index (κ2) is 5.92. The topological polar surface area (TPSA) is 46.9 Å². The van der Waals surface area contributed by atoms with Gasteiger partial charge in [-0.3, -0.25) is 9.48 Å². The van der Waals surface area contributed by atoms with Crippen molar-refractivity contribution in [2.24, 2.45) is 7.05 Å². The van der Waals surface area contributed by atoms with Gasteiger partial charge in [-0.15, -0.1) is 0 Å². The average Bonchev–Trinajstić information content (AvgIpc) is 2.68. The van der Waals surface area contributed by atoms with E-state index in [2.05, 4.69) is 26.3 Å². The third kappa shape index (κ3) is 3.27. The minimum atomic E-state index is -4.62. The zero-order valence-corrected chi connectivity index (χ0v) is 13.8. The zero-order chi connectivity index (χ0) is 16.7. The molecule has 0 saturated heterocycles. The number of nitrogens with zero attached hydrogens (tertiary/aromatic N) is 2. The van der Waals surface area contributed by atoms with Crippen molar-refractivity contribution in [2.45, 2.75) is 13.1 Å². The Morgan fingerprint density at radius 1 is 1.41 bits per heavy atom. The van der Waals surface area contributed by atoms with Crippen molar-refractivity contribution in [2.75, 3.05) is 5.32 Å². The number of carbonyl (C=O) groups excluding carboxylic acids is 1. The molecular formula is C13H10BrClF3N3O. The summed E-state index contributed by atoms with van der Waals surface area (Å²) >= 11 is 8.63. The van der Waals surface area contributed by atoms with E-state index in [1.165, 1.54) is 6.07 Å². The third-order valence-corrected chi connectivity index (χ3v) is 3.91. The minimum Gasteiger partial charge on any atom is -0.320 e. The maximum absolute atomic E-state index is 12.9. The van der Waals surface area contributed by atoms with E-state index in [0.717, 1.165) is 12.6 Å². The largest absolute Gasteiger partial charge is 0.434 e. The highest BCUT2D eigenvalue weighted by Gasteiger charge is 2.39. The number of halogens is 5. The van der Waals surface area contributed by atoms with Crippen LogP contribution < -0.4 is 5.32 Å². The maximum atomic E-state index is 12.9. The van der Waals surface area contributed by atoms with Gasteiger partial charge < -0.3 is 5.32 Å². The van der Waals surface area contributed by atoms with Gasteiger partial charge in [0.05, 0.1) is 4.47 Å². The fraction of sp³-hybridized carbons (Fsp3) is 0.231. The van der Waals surface area contributed by atoms with E-state index in [4.69, 9.17) is 11.6 Å². The van der Waals surface area contributed by atoms with Crippen LogP contribution in [0.1, 0.15) is 21.7 Å². The summed E-state index contributed by atoms with van der Waals surface area (Å²) in [6, 6.07) is 4.84. The molecule has 1 N–H and O–H groups in total. The van der Waals surface area contributed by atoms with Crippen LogP contribution in [0.4, 0.5) is 18.9 Å². The number of aromatic nitrogens is 2. The van der Waals surface area contributed by atoms with E-state index < -0.39 is 22.3 Å². The molecule has 9 heteroatoms. The number of hydrogen-bond donors (Lipinski definition) is 1. The first-order valence-electron chi connectivity index (χ1n) is 5.98. The first-order valence-corrected chi connectivity index (χ1v) is 7.15. The zero-order valence-electron chi connectivity index (χ0n) is 11.4. The summed E-state index contributed by atoms with van der Waals surface area (Å²) in [5.74, 6) is -0.761. The quantitative estimate of drug-likeness (QED) is 0.817. The van der Waals surface area contributed by atoms with E-state index in [0.29, 0.717) is 15.4 Å². The van der Waals surface area contributed by atoms with E-state index in [1.807, 2.05) is 0 Å². The summed E-state index contributed by atoms with van der Waals surface area (Å²) in [5.41, 5.74) is -0.251. The van der Waals surface area contributed by atoms with Gasteiger partial charge in [0.15, 0.2) is 11.4 Å². The molecule has 0 radical (unpaired) electrons. The summed E-state index contributed by atoms with van der Waals surface area (Å²) in [4.78, 5) is 12.2. The van der Waals surface area contributed by atoms with Crippen LogP contribution in [0.5, 0.6) is 0 Å². The van der Waals surface area contributed by atoms with Gasteiger partial charge in [-0.2, -0.15) is 18.3 Å². The van der Waals surface area contributed by atoms with Crippen molar-refractivity contribution in [3.8, 4) is 0 Å². The normalized spacial score (nSPS) is 11.6. The van der Waals surface area contributed by atoms with Gasteiger partial charge in [-0.05, 0) is 40.5 Å². The lowest BCUT2D eigenvalue weighted by Gasteiger charge is -2.08. The Bertz CT molecular complexity index is 743. The van der Waals surface area contributed by atoms with Crippen LogP contribution in [0, 0.1) is 6.92 Å². The lowest BCUT2D eigenvalue weighted by Crippen LogP contribution is -2.14. The first-order chi connectivity index (χ1) is 10.1. The lowest BCUT2D eigenvalue weighted by molar-refractivity contribution is -0.144. The molecule has 0 saturated carbocycles. The number of benzene rings is 1. The molecule has 0 fully saturated rings. The Morgan fingerprint density at radius 2 is 2.05 bits per heavy atom. The Kier molecular flexibility index (Phi) is 4.53. The van der Waals surface area contributed by atoms with Gasteiger partial charge in [-0.25, -0.2) is 0 Å². The average molecular weight is 397 g/mol. The molecule has 1 aromatic carbocycles. The van der Waals surface area contributed by atoms with E-state index in [1.54, 1.807) is 19.1 Å². The molecule has 118 valence electrons. The predicted octanol–water partition coefficient (Wildman–Crippen LogP) is 4.42. The van der Waals surface area contributed by atoms with Crippen LogP contribution in [0.15, 0.2) is 22.7 Å². The number of alkyl halides is 3. The fourth-order valence-electron chi connectivity index (χ4n) is 1.86. The number of anilines is 1. The van der Waals surface area contributed by atoms with Crippen LogP contribution in [-0.4, -0.2) is 15.7 Å². The number of carbonyl (C=O) groups is 1.